The molecule has 5 heteroatoms. The molecule has 116 valence electrons. The Labute approximate surface area is 131 Å². The van der Waals surface area contributed by atoms with E-state index < -0.39 is 0 Å². The number of aromatic nitrogens is 1. The quantitative estimate of drug-likeness (QED) is 0.804. The van der Waals surface area contributed by atoms with E-state index in [-0.39, 0.29) is 0 Å². The number of nitrogens with zero attached hydrogens (tertiary/aromatic N) is 2. The lowest BCUT2D eigenvalue weighted by molar-refractivity contribution is 0.261. The molecule has 0 spiro atoms. The summed E-state index contributed by atoms with van der Waals surface area (Å²) in [5.74, 6) is 0.914. The number of nitrogens with one attached hydrogen (secondary N) is 1. The monoisotopic (exact) mass is 307 g/mol. The number of hydrogen-bond acceptors (Lipinski definition) is 5. The van der Waals surface area contributed by atoms with Crippen molar-refractivity contribution < 1.29 is 4.74 Å². The molecule has 0 bridgehead atoms. The number of fused-ring (bicyclic) bond motifs is 1. The van der Waals surface area contributed by atoms with Gasteiger partial charge in [-0.05, 0) is 45.5 Å². The number of ether oxygens (including phenoxy) is 1. The van der Waals surface area contributed by atoms with Crippen LogP contribution in [-0.4, -0.2) is 42.7 Å². The van der Waals surface area contributed by atoms with E-state index in [1.165, 1.54) is 11.1 Å². The van der Waals surface area contributed by atoms with Gasteiger partial charge in [0.25, 0.3) is 0 Å². The van der Waals surface area contributed by atoms with Crippen LogP contribution in [0.3, 0.4) is 0 Å². The highest BCUT2D eigenvalue weighted by Crippen LogP contribution is 2.29. The molecule has 0 aliphatic carbocycles. The largest absolute Gasteiger partial charge is 0.494 e. The summed E-state index contributed by atoms with van der Waals surface area (Å²) in [7, 11) is 2.17. The van der Waals surface area contributed by atoms with E-state index in [4.69, 9.17) is 4.74 Å². The lowest BCUT2D eigenvalue weighted by atomic mass is 10.2. The zero-order valence-corrected chi connectivity index (χ0v) is 14.2. The van der Waals surface area contributed by atoms with Crippen LogP contribution < -0.4 is 10.1 Å². The van der Waals surface area contributed by atoms with E-state index in [0.717, 1.165) is 29.5 Å². The molecule has 1 aromatic carbocycles. The van der Waals surface area contributed by atoms with Crippen molar-refractivity contribution >= 4 is 26.7 Å². The predicted molar refractivity (Wildman–Crippen MR) is 91.7 cm³/mol. The molecule has 0 aliphatic rings. The minimum absolute atomic E-state index is 0.621. The van der Waals surface area contributed by atoms with E-state index in [9.17, 15) is 0 Å². The third kappa shape index (κ3) is 4.32. The van der Waals surface area contributed by atoms with Crippen LogP contribution in [-0.2, 0) is 0 Å². The summed E-state index contributed by atoms with van der Waals surface area (Å²) in [5, 5.41) is 4.40. The van der Waals surface area contributed by atoms with Gasteiger partial charge in [0.05, 0.1) is 16.8 Å². The average molecular weight is 307 g/mol. The standard InChI is InChI=1S/C16H25N3OS/c1-5-12(3)19(4)10-9-17-16-18-14-8-7-13(20-6-2)11-15(14)21-16/h7-8,11-12H,5-6,9-10H2,1-4H3,(H,17,18). The van der Waals surface area contributed by atoms with E-state index in [2.05, 4.69) is 42.2 Å². The second-order valence-corrected chi connectivity index (χ2v) is 6.28. The zero-order chi connectivity index (χ0) is 15.2. The fourth-order valence-electron chi connectivity index (χ4n) is 2.11. The number of thiazole rings is 1. The SMILES string of the molecule is CCOc1ccc2nc(NCCN(C)C(C)CC)sc2c1. The minimum atomic E-state index is 0.621. The van der Waals surface area contributed by atoms with Crippen LogP contribution in [0.1, 0.15) is 27.2 Å². The zero-order valence-electron chi connectivity index (χ0n) is 13.3. The Morgan fingerprint density at radius 3 is 2.90 bits per heavy atom. The van der Waals surface area contributed by atoms with Crippen LogP contribution in [0.4, 0.5) is 5.13 Å². The van der Waals surface area contributed by atoms with E-state index in [0.29, 0.717) is 12.6 Å². The third-order valence-corrected chi connectivity index (χ3v) is 4.73. The van der Waals surface area contributed by atoms with Gasteiger partial charge >= 0.3 is 0 Å². The Morgan fingerprint density at radius 1 is 1.38 bits per heavy atom. The Hall–Kier alpha value is -1.33. The van der Waals surface area contributed by atoms with Crippen molar-refractivity contribution in [2.75, 3.05) is 32.1 Å². The van der Waals surface area contributed by atoms with Gasteiger partial charge in [0, 0.05) is 19.1 Å². The first-order valence-electron chi connectivity index (χ1n) is 7.61. The Morgan fingerprint density at radius 2 is 2.19 bits per heavy atom. The van der Waals surface area contributed by atoms with Gasteiger partial charge in [0.1, 0.15) is 5.75 Å². The average Bonchev–Trinajstić information content (AvgIpc) is 2.88. The molecule has 21 heavy (non-hydrogen) atoms. The van der Waals surface area contributed by atoms with Gasteiger partial charge in [-0.2, -0.15) is 0 Å². The molecule has 2 rings (SSSR count). The van der Waals surface area contributed by atoms with Crippen LogP contribution in [0.2, 0.25) is 0 Å². The molecule has 4 nitrogen and oxygen atoms in total. The summed E-state index contributed by atoms with van der Waals surface area (Å²) in [6.45, 7) is 9.11. The third-order valence-electron chi connectivity index (χ3n) is 3.75. The first kappa shape index (κ1) is 16.0. The maximum absolute atomic E-state index is 5.53. The number of likely N-dealkylation sites (N-methyl/N-ethyl adjacent to an activating group) is 1. The van der Waals surface area contributed by atoms with Crippen LogP contribution in [0.25, 0.3) is 10.2 Å². The van der Waals surface area contributed by atoms with Gasteiger partial charge < -0.3 is 15.0 Å². The lowest BCUT2D eigenvalue weighted by Gasteiger charge is -2.23. The molecule has 0 radical (unpaired) electrons. The molecule has 2 aromatic rings. The minimum Gasteiger partial charge on any atom is -0.494 e. The Bertz CT molecular complexity index is 570. The second kappa shape index (κ2) is 7.61. The summed E-state index contributed by atoms with van der Waals surface area (Å²) in [6, 6.07) is 6.68. The van der Waals surface area contributed by atoms with Crippen molar-refractivity contribution in [3.05, 3.63) is 18.2 Å². The molecular weight excluding hydrogens is 282 g/mol. The lowest BCUT2D eigenvalue weighted by Crippen LogP contribution is -2.32. The van der Waals surface area contributed by atoms with E-state index in [1.807, 2.05) is 19.1 Å². The van der Waals surface area contributed by atoms with Crippen molar-refractivity contribution in [2.24, 2.45) is 0 Å². The molecule has 1 unspecified atom stereocenters. The summed E-state index contributed by atoms with van der Waals surface area (Å²) < 4.78 is 6.69. The van der Waals surface area contributed by atoms with Crippen LogP contribution in [0.15, 0.2) is 18.2 Å². The van der Waals surface area contributed by atoms with E-state index in [1.54, 1.807) is 11.3 Å². The maximum Gasteiger partial charge on any atom is 0.183 e. The van der Waals surface area contributed by atoms with Gasteiger partial charge in [0.2, 0.25) is 0 Å². The fourth-order valence-corrected chi connectivity index (χ4v) is 3.03. The highest BCUT2D eigenvalue weighted by molar-refractivity contribution is 7.22. The van der Waals surface area contributed by atoms with Gasteiger partial charge in [-0.25, -0.2) is 4.98 Å². The number of rotatable bonds is 8. The van der Waals surface area contributed by atoms with Gasteiger partial charge in [0.15, 0.2) is 5.13 Å². The first-order chi connectivity index (χ1) is 10.1. The molecule has 0 fully saturated rings. The summed E-state index contributed by atoms with van der Waals surface area (Å²) in [5.41, 5.74) is 1.03. The molecule has 0 saturated carbocycles. The second-order valence-electron chi connectivity index (χ2n) is 5.25. The maximum atomic E-state index is 5.53. The summed E-state index contributed by atoms with van der Waals surface area (Å²) >= 11 is 1.68. The van der Waals surface area contributed by atoms with Crippen LogP contribution >= 0.6 is 11.3 Å². The molecule has 0 saturated heterocycles. The summed E-state index contributed by atoms with van der Waals surface area (Å²) in [6.07, 6.45) is 1.18. The van der Waals surface area contributed by atoms with E-state index >= 15 is 0 Å². The first-order valence-corrected chi connectivity index (χ1v) is 8.43. The summed E-state index contributed by atoms with van der Waals surface area (Å²) in [4.78, 5) is 6.98. The highest BCUT2D eigenvalue weighted by Gasteiger charge is 2.08. The molecule has 1 heterocycles. The Kier molecular flexibility index (Phi) is 5.82. The number of benzene rings is 1. The molecule has 1 aromatic heterocycles. The fraction of sp³-hybridized carbons (Fsp3) is 0.562. The van der Waals surface area contributed by atoms with Gasteiger partial charge in [-0.15, -0.1) is 0 Å². The molecular formula is C16H25N3OS. The van der Waals surface area contributed by atoms with Crippen molar-refractivity contribution in [1.29, 1.82) is 0 Å². The van der Waals surface area contributed by atoms with Gasteiger partial charge in [-0.1, -0.05) is 18.3 Å². The predicted octanol–water partition coefficient (Wildman–Crippen LogP) is 3.84. The van der Waals surface area contributed by atoms with Crippen molar-refractivity contribution in [2.45, 2.75) is 33.2 Å². The van der Waals surface area contributed by atoms with Crippen molar-refractivity contribution in [1.82, 2.24) is 9.88 Å². The smallest absolute Gasteiger partial charge is 0.183 e. The molecule has 1 atom stereocenters. The molecule has 0 aliphatic heterocycles. The topological polar surface area (TPSA) is 37.4 Å². The molecule has 0 amide bonds. The normalized spacial score (nSPS) is 12.8. The van der Waals surface area contributed by atoms with Crippen molar-refractivity contribution in [3.8, 4) is 5.75 Å². The van der Waals surface area contributed by atoms with Crippen LogP contribution in [0, 0.1) is 0 Å². The van der Waals surface area contributed by atoms with Gasteiger partial charge in [-0.3, -0.25) is 0 Å². The number of anilines is 1. The number of hydrogen-bond donors (Lipinski definition) is 1. The molecule has 1 N–H and O–H groups in total. The van der Waals surface area contributed by atoms with Crippen LogP contribution in [0.5, 0.6) is 5.75 Å². The highest BCUT2D eigenvalue weighted by atomic mass is 32.1. The van der Waals surface area contributed by atoms with Crippen molar-refractivity contribution in [3.63, 3.8) is 0 Å². The Balaban J connectivity index is 1.93.